The zero-order valence-corrected chi connectivity index (χ0v) is 9.83. The highest BCUT2D eigenvalue weighted by atomic mass is 79.9. The normalized spacial score (nSPS) is 10.7. The average Bonchev–Trinajstić information content (AvgIpc) is 2.45. The van der Waals surface area contributed by atoms with Gasteiger partial charge in [-0.1, -0.05) is 6.07 Å². The molecule has 13 heavy (non-hydrogen) atoms. The van der Waals surface area contributed by atoms with E-state index in [-0.39, 0.29) is 0 Å². The van der Waals surface area contributed by atoms with Gasteiger partial charge in [0.1, 0.15) is 5.75 Å². The van der Waals surface area contributed by atoms with Crippen molar-refractivity contribution in [3.8, 4) is 5.75 Å². The molecular weight excluding hydrogens is 248 g/mol. The number of ether oxygens (including phenoxy) is 1. The third-order valence-corrected chi connectivity index (χ3v) is 3.63. The van der Waals surface area contributed by atoms with Gasteiger partial charge in [0.2, 0.25) is 0 Å². The Balaban J connectivity index is 2.82. The van der Waals surface area contributed by atoms with Gasteiger partial charge in [-0.15, -0.1) is 11.3 Å². The van der Waals surface area contributed by atoms with E-state index in [0.717, 1.165) is 9.54 Å². The number of benzene rings is 1. The van der Waals surface area contributed by atoms with E-state index in [4.69, 9.17) is 4.74 Å². The van der Waals surface area contributed by atoms with E-state index < -0.39 is 0 Å². The molecule has 0 unspecified atom stereocenters. The smallest absolute Gasteiger partial charge is 0.130 e. The van der Waals surface area contributed by atoms with Crippen LogP contribution >= 0.6 is 27.3 Å². The zero-order valence-electron chi connectivity index (χ0n) is 7.43. The van der Waals surface area contributed by atoms with Crippen LogP contribution in [0.4, 0.5) is 0 Å². The molecule has 1 heterocycles. The van der Waals surface area contributed by atoms with Gasteiger partial charge >= 0.3 is 0 Å². The van der Waals surface area contributed by atoms with E-state index in [0.29, 0.717) is 0 Å². The number of rotatable bonds is 1. The zero-order chi connectivity index (χ0) is 9.42. The molecule has 0 bridgehead atoms. The van der Waals surface area contributed by atoms with Crippen molar-refractivity contribution in [2.24, 2.45) is 0 Å². The van der Waals surface area contributed by atoms with Crippen LogP contribution in [0.2, 0.25) is 0 Å². The average molecular weight is 257 g/mol. The van der Waals surface area contributed by atoms with Crippen molar-refractivity contribution in [2.75, 3.05) is 7.11 Å². The molecule has 0 aliphatic heterocycles. The maximum Gasteiger partial charge on any atom is 0.130 e. The predicted octanol–water partition coefficient (Wildman–Crippen LogP) is 3.98. The van der Waals surface area contributed by atoms with Crippen LogP contribution in [-0.4, -0.2) is 7.11 Å². The van der Waals surface area contributed by atoms with E-state index in [2.05, 4.69) is 41.1 Å². The third-order valence-electron chi connectivity index (χ3n) is 2.02. The summed E-state index contributed by atoms with van der Waals surface area (Å²) in [4.78, 5) is 0. The van der Waals surface area contributed by atoms with Crippen molar-refractivity contribution < 1.29 is 4.74 Å². The van der Waals surface area contributed by atoms with Gasteiger partial charge < -0.3 is 4.74 Å². The number of hydrogen-bond acceptors (Lipinski definition) is 2. The molecule has 3 heteroatoms. The minimum Gasteiger partial charge on any atom is -0.496 e. The first kappa shape index (κ1) is 9.03. The summed E-state index contributed by atoms with van der Waals surface area (Å²) in [5.74, 6) is 0.986. The molecule has 0 radical (unpaired) electrons. The summed E-state index contributed by atoms with van der Waals surface area (Å²) in [7, 11) is 1.72. The topological polar surface area (TPSA) is 9.23 Å². The second kappa shape index (κ2) is 3.31. The van der Waals surface area contributed by atoms with Crippen LogP contribution in [0.25, 0.3) is 10.1 Å². The Morgan fingerprint density at radius 2 is 2.15 bits per heavy atom. The van der Waals surface area contributed by atoms with Crippen LogP contribution in [0.15, 0.2) is 22.0 Å². The van der Waals surface area contributed by atoms with E-state index >= 15 is 0 Å². The lowest BCUT2D eigenvalue weighted by atomic mass is 10.1. The van der Waals surface area contributed by atoms with Gasteiger partial charge in [0.05, 0.1) is 10.9 Å². The van der Waals surface area contributed by atoms with Crippen molar-refractivity contribution in [2.45, 2.75) is 6.92 Å². The Morgan fingerprint density at radius 1 is 1.38 bits per heavy atom. The Kier molecular flexibility index (Phi) is 2.30. The van der Waals surface area contributed by atoms with Gasteiger partial charge in [-0.2, -0.15) is 0 Å². The van der Waals surface area contributed by atoms with Gasteiger partial charge in [0, 0.05) is 10.1 Å². The molecule has 0 fully saturated rings. The standard InChI is InChI=1S/C10H9BrOS/c1-6-3-4-8-7(10(6)12-2)5-9(11)13-8/h3-5H,1-2H3. The molecule has 68 valence electrons. The fourth-order valence-electron chi connectivity index (χ4n) is 1.44. The van der Waals surface area contributed by atoms with E-state index in [1.54, 1.807) is 18.4 Å². The number of halogens is 1. The fraction of sp³-hybridized carbons (Fsp3) is 0.200. The van der Waals surface area contributed by atoms with Crippen molar-refractivity contribution in [3.05, 3.63) is 27.5 Å². The van der Waals surface area contributed by atoms with Gasteiger partial charge in [0.25, 0.3) is 0 Å². The number of fused-ring (bicyclic) bond motifs is 1. The van der Waals surface area contributed by atoms with E-state index in [1.807, 2.05) is 0 Å². The first-order chi connectivity index (χ1) is 6.22. The van der Waals surface area contributed by atoms with Crippen molar-refractivity contribution >= 4 is 37.4 Å². The molecule has 0 atom stereocenters. The molecule has 0 N–H and O–H groups in total. The summed E-state index contributed by atoms with van der Waals surface area (Å²) >= 11 is 5.20. The van der Waals surface area contributed by atoms with Gasteiger partial charge in [-0.3, -0.25) is 0 Å². The second-order valence-electron chi connectivity index (χ2n) is 2.88. The van der Waals surface area contributed by atoms with Crippen LogP contribution in [0, 0.1) is 6.92 Å². The summed E-state index contributed by atoms with van der Waals surface area (Å²) in [6.45, 7) is 2.06. The first-order valence-corrected chi connectivity index (χ1v) is 5.56. The largest absolute Gasteiger partial charge is 0.496 e. The highest BCUT2D eigenvalue weighted by Gasteiger charge is 2.07. The molecule has 0 amide bonds. The fourth-order valence-corrected chi connectivity index (χ4v) is 2.97. The van der Waals surface area contributed by atoms with Crippen molar-refractivity contribution in [3.63, 3.8) is 0 Å². The molecule has 2 aromatic rings. The highest BCUT2D eigenvalue weighted by molar-refractivity contribution is 9.11. The molecule has 1 aromatic heterocycles. The number of hydrogen-bond donors (Lipinski definition) is 0. The number of aryl methyl sites for hydroxylation is 1. The quantitative estimate of drug-likeness (QED) is 0.750. The lowest BCUT2D eigenvalue weighted by molar-refractivity contribution is 0.417. The maximum absolute atomic E-state index is 5.36. The SMILES string of the molecule is COc1c(C)ccc2sc(Br)cc12. The molecular formula is C10H9BrOS. The highest BCUT2D eigenvalue weighted by Crippen LogP contribution is 2.37. The first-order valence-electron chi connectivity index (χ1n) is 3.95. The summed E-state index contributed by atoms with van der Waals surface area (Å²) < 4.78 is 7.76. The van der Waals surface area contributed by atoms with Gasteiger partial charge in [0.15, 0.2) is 0 Å². The summed E-state index contributed by atoms with van der Waals surface area (Å²) in [6.07, 6.45) is 0. The maximum atomic E-state index is 5.36. The molecule has 0 saturated carbocycles. The Hall–Kier alpha value is -0.540. The molecule has 1 nitrogen and oxygen atoms in total. The molecule has 0 aliphatic carbocycles. The summed E-state index contributed by atoms with van der Waals surface area (Å²) in [6, 6.07) is 6.32. The van der Waals surface area contributed by atoms with Crippen LogP contribution in [-0.2, 0) is 0 Å². The van der Waals surface area contributed by atoms with Crippen molar-refractivity contribution in [1.29, 1.82) is 0 Å². The molecule has 2 rings (SSSR count). The third kappa shape index (κ3) is 1.46. The van der Waals surface area contributed by atoms with Crippen LogP contribution < -0.4 is 4.74 Å². The number of methoxy groups -OCH3 is 1. The van der Waals surface area contributed by atoms with Crippen LogP contribution in [0.1, 0.15) is 5.56 Å². The van der Waals surface area contributed by atoms with E-state index in [1.165, 1.54) is 15.6 Å². The monoisotopic (exact) mass is 256 g/mol. The molecule has 0 spiro atoms. The Labute approximate surface area is 89.5 Å². The van der Waals surface area contributed by atoms with Gasteiger partial charge in [-0.25, -0.2) is 0 Å². The molecule has 0 aliphatic rings. The summed E-state index contributed by atoms with van der Waals surface area (Å²) in [5, 5.41) is 1.19. The molecule has 0 saturated heterocycles. The Morgan fingerprint density at radius 3 is 2.85 bits per heavy atom. The molecule has 1 aromatic carbocycles. The summed E-state index contributed by atoms with van der Waals surface area (Å²) in [5.41, 5.74) is 1.18. The lowest BCUT2D eigenvalue weighted by Gasteiger charge is -2.04. The van der Waals surface area contributed by atoms with Crippen LogP contribution in [0.5, 0.6) is 5.75 Å². The Bertz CT molecular complexity index is 447. The van der Waals surface area contributed by atoms with Gasteiger partial charge in [-0.05, 0) is 40.5 Å². The lowest BCUT2D eigenvalue weighted by Crippen LogP contribution is -1.86. The second-order valence-corrected chi connectivity index (χ2v) is 5.34. The minimum absolute atomic E-state index is 0.986. The van der Waals surface area contributed by atoms with Crippen molar-refractivity contribution in [1.82, 2.24) is 0 Å². The minimum atomic E-state index is 0.986. The predicted molar refractivity (Wildman–Crippen MR) is 60.8 cm³/mol. The number of thiophene rings is 1. The van der Waals surface area contributed by atoms with Crippen LogP contribution in [0.3, 0.4) is 0 Å². The van der Waals surface area contributed by atoms with E-state index in [9.17, 15) is 0 Å².